The maximum Gasteiger partial charge on any atom is 0.259 e. The van der Waals surface area contributed by atoms with Crippen LogP contribution in [0.15, 0.2) is 419 Å². The second kappa shape index (κ2) is 28.7. The lowest BCUT2D eigenvalue weighted by Crippen LogP contribution is -2.31. The zero-order valence-corrected chi connectivity index (χ0v) is 70.7. The van der Waals surface area contributed by atoms with Crippen molar-refractivity contribution < 1.29 is 14.4 Å². The first-order valence-corrected chi connectivity index (χ1v) is 44.0. The Balaban J connectivity index is 0.527. The molecular weight excluding hydrogens is 1570 g/mol. The Kier molecular flexibility index (Phi) is 16.7. The minimum absolute atomic E-state index is 0.340. The summed E-state index contributed by atoms with van der Waals surface area (Å²) in [6, 6.07) is 142. The minimum atomic E-state index is -0.482. The number of anilines is 3. The van der Waals surface area contributed by atoms with Gasteiger partial charge in [-0.15, -0.1) is 0 Å². The van der Waals surface area contributed by atoms with Crippen LogP contribution in [0.25, 0.3) is 134 Å². The highest BCUT2D eigenvalue weighted by atomic mass is 16.2. The Bertz CT molecular complexity index is 7130. The van der Waals surface area contributed by atoms with E-state index in [4.69, 9.17) is 15.0 Å². The van der Waals surface area contributed by atoms with Crippen LogP contribution in [0.2, 0.25) is 0 Å². The third-order valence-electron chi connectivity index (χ3n) is 28.5. The predicted molar refractivity (Wildman–Crippen MR) is 519 cm³/mol. The Morgan fingerprint density at radius 2 is 0.388 bits per heavy atom. The summed E-state index contributed by atoms with van der Waals surface area (Å²) in [5.74, 6) is -1.05. The third-order valence-corrected chi connectivity index (χ3v) is 28.5. The fourth-order valence-electron chi connectivity index (χ4n) is 22.9. The van der Waals surface area contributed by atoms with Gasteiger partial charge in [0.25, 0.3) is 17.7 Å². The molecule has 3 spiro atoms. The summed E-state index contributed by atoms with van der Waals surface area (Å²) in [6.45, 7) is 0. The van der Waals surface area contributed by atoms with Gasteiger partial charge in [0, 0.05) is 73.5 Å². The van der Waals surface area contributed by atoms with E-state index in [1.165, 1.54) is 148 Å². The van der Waals surface area contributed by atoms with Crippen molar-refractivity contribution in [3.8, 4) is 134 Å². The molecule has 129 heavy (non-hydrogen) atoms. The third kappa shape index (κ3) is 10.7. The standard InChI is InChI=1S/C120H78N6O3/c1-124(115(127)79-58-61-109(121-70-79)76-31-22-28-73(64-76)85-43-25-55-106-112(85)94-40-10-19-52-103(94)118(106)97-46-13-4-34-88(97)89-35-5-14-47-98(89)118)82-67-83(125(2)116(128)80-59-62-110(122-71-80)77-32-23-29-74(65-77)86-44-26-56-107-113(86)95-41-11-20-53-104(95)119(107)99-48-15-6-36-90(99)91-37-7-16-49-100(91)119)69-84(68-82)126(3)117(129)81-60-63-111(123-72-81)78-33-24-30-75(66-78)87-45-27-57-108-114(87)96-42-12-21-54-105(96)120(108)101-50-17-8-38-92(101)93-39-9-18-51-102(93)120/h4-72H,1-3H3. The maximum absolute atomic E-state index is 15.3. The van der Waals surface area contributed by atoms with Gasteiger partial charge in [0.1, 0.15) is 0 Å². The number of carbonyl (C=O) groups excluding carboxylic acids is 3. The van der Waals surface area contributed by atoms with Crippen LogP contribution in [0.5, 0.6) is 0 Å². The summed E-state index contributed by atoms with van der Waals surface area (Å²) in [6.07, 6.45) is 4.87. The van der Waals surface area contributed by atoms with Crippen molar-refractivity contribution in [2.75, 3.05) is 35.8 Å². The van der Waals surface area contributed by atoms with E-state index in [0.29, 0.717) is 50.8 Å². The minimum Gasteiger partial charge on any atom is -0.311 e. The van der Waals surface area contributed by atoms with Gasteiger partial charge < -0.3 is 14.7 Å². The van der Waals surface area contributed by atoms with Crippen molar-refractivity contribution in [1.29, 1.82) is 0 Å². The van der Waals surface area contributed by atoms with Crippen LogP contribution in [0.4, 0.5) is 17.1 Å². The van der Waals surface area contributed by atoms with E-state index in [1.807, 2.05) is 36.4 Å². The number of hydrogen-bond donors (Lipinski definition) is 0. The van der Waals surface area contributed by atoms with Crippen LogP contribution in [0.1, 0.15) is 97.8 Å². The smallest absolute Gasteiger partial charge is 0.259 e. The summed E-state index contributed by atoms with van der Waals surface area (Å²) in [4.78, 5) is 65.4. The number of rotatable bonds is 12. The van der Waals surface area contributed by atoms with E-state index in [-0.39, 0.29) is 17.7 Å². The molecule has 16 aromatic carbocycles. The van der Waals surface area contributed by atoms with Gasteiger partial charge >= 0.3 is 0 Å². The van der Waals surface area contributed by atoms with Crippen LogP contribution in [-0.4, -0.2) is 53.8 Å². The molecule has 606 valence electrons. The molecule has 0 radical (unpaired) electrons. The van der Waals surface area contributed by atoms with Crippen LogP contribution >= 0.6 is 0 Å². The molecule has 9 heteroatoms. The van der Waals surface area contributed by atoms with Gasteiger partial charge in [-0.2, -0.15) is 0 Å². The van der Waals surface area contributed by atoms with E-state index in [9.17, 15) is 0 Å². The van der Waals surface area contributed by atoms with Gasteiger partial charge in [-0.1, -0.05) is 328 Å². The van der Waals surface area contributed by atoms with Gasteiger partial charge in [0.2, 0.25) is 0 Å². The number of nitrogens with zero attached hydrogens (tertiary/aromatic N) is 6. The van der Waals surface area contributed by atoms with Crippen LogP contribution < -0.4 is 14.7 Å². The highest BCUT2D eigenvalue weighted by Gasteiger charge is 2.55. The zero-order chi connectivity index (χ0) is 86.1. The second-order valence-corrected chi connectivity index (χ2v) is 34.7. The van der Waals surface area contributed by atoms with E-state index >= 15 is 14.4 Å². The number of aromatic nitrogens is 3. The zero-order valence-electron chi connectivity index (χ0n) is 70.7. The first-order chi connectivity index (χ1) is 63.5. The van der Waals surface area contributed by atoms with Crippen LogP contribution in [0.3, 0.4) is 0 Å². The van der Waals surface area contributed by atoms with Crippen LogP contribution in [0, 0.1) is 0 Å². The number of fused-ring (bicyclic) bond motifs is 30. The molecule has 0 unspecified atom stereocenters. The number of benzene rings is 16. The van der Waals surface area contributed by atoms with Crippen molar-refractivity contribution in [3.63, 3.8) is 0 Å². The lowest BCUT2D eigenvalue weighted by Gasteiger charge is -2.30. The fraction of sp³-hybridized carbons (Fsp3) is 0.0500. The van der Waals surface area contributed by atoms with Crippen LogP contribution in [-0.2, 0) is 16.2 Å². The Hall–Kier alpha value is -16.6. The molecular formula is C120H78N6O3. The lowest BCUT2D eigenvalue weighted by molar-refractivity contribution is 0.0986. The second-order valence-electron chi connectivity index (χ2n) is 34.7. The molecule has 6 aliphatic carbocycles. The topological polar surface area (TPSA) is 99.6 Å². The largest absolute Gasteiger partial charge is 0.311 e. The molecule has 0 bridgehead atoms. The Morgan fingerprint density at radius 3 is 0.620 bits per heavy atom. The molecule has 0 fully saturated rings. The molecule has 9 nitrogen and oxygen atoms in total. The molecule has 0 atom stereocenters. The molecule has 0 saturated carbocycles. The normalized spacial score (nSPS) is 13.5. The van der Waals surface area contributed by atoms with E-state index < -0.39 is 16.2 Å². The summed E-state index contributed by atoms with van der Waals surface area (Å²) >= 11 is 0. The fourth-order valence-corrected chi connectivity index (χ4v) is 22.9. The van der Waals surface area contributed by atoms with Crippen molar-refractivity contribution in [3.05, 3.63) is 502 Å². The first-order valence-electron chi connectivity index (χ1n) is 44.0. The Labute approximate surface area is 747 Å². The quantitative estimate of drug-likeness (QED) is 0.121. The predicted octanol–water partition coefficient (Wildman–Crippen LogP) is 26.7. The van der Waals surface area contributed by atoms with Gasteiger partial charge in [-0.25, -0.2) is 0 Å². The molecule has 6 aliphatic rings. The van der Waals surface area contributed by atoms with Crippen molar-refractivity contribution >= 4 is 34.8 Å². The molecule has 0 N–H and O–H groups in total. The van der Waals surface area contributed by atoms with Gasteiger partial charge in [-0.3, -0.25) is 29.3 Å². The average Bonchev–Trinajstić information content (AvgIpc) is 1.52. The molecule has 3 aromatic heterocycles. The number of carbonyl (C=O) groups is 3. The van der Waals surface area contributed by atoms with Crippen molar-refractivity contribution in [1.82, 2.24) is 15.0 Å². The summed E-state index contributed by atoms with van der Waals surface area (Å²) in [5.41, 5.74) is 42.4. The first kappa shape index (κ1) is 75.0. The number of hydrogen-bond acceptors (Lipinski definition) is 6. The molecule has 0 saturated heterocycles. The summed E-state index contributed by atoms with van der Waals surface area (Å²) < 4.78 is 0. The number of amides is 3. The van der Waals surface area contributed by atoms with Gasteiger partial charge in [0.05, 0.1) is 50.0 Å². The number of pyridine rings is 3. The SMILES string of the molecule is CN(C(=O)c1ccc(-c2cccc(-c3cccc4c3-c3ccccc3C43c4ccccc4-c4ccccc43)c2)nc1)c1cc(N(C)C(=O)c2ccc(-c3cccc(-c4cccc5c4-c4ccccc4C54c5ccccc5-c5ccccc54)c3)nc2)cc(N(C)C(=O)c2ccc(-c3cccc(-c4cccc5c4-c4ccccc4C54c5ccccc5-c5ccccc54)c3)nc2)c1. The molecule has 19 aromatic rings. The molecule has 3 amide bonds. The highest BCUT2D eigenvalue weighted by molar-refractivity contribution is 6.12. The molecule has 3 heterocycles. The Morgan fingerprint density at radius 1 is 0.194 bits per heavy atom. The van der Waals surface area contributed by atoms with Crippen molar-refractivity contribution in [2.24, 2.45) is 0 Å². The molecule has 25 rings (SSSR count). The summed E-state index contributed by atoms with van der Waals surface area (Å²) in [5, 5.41) is 0. The average molecular weight is 1650 g/mol. The van der Waals surface area contributed by atoms with E-state index in [1.54, 1.807) is 57.9 Å². The monoisotopic (exact) mass is 1650 g/mol. The maximum atomic E-state index is 15.3. The highest BCUT2D eigenvalue weighted by Crippen LogP contribution is 2.68. The summed E-state index contributed by atoms with van der Waals surface area (Å²) in [7, 11) is 5.11. The molecule has 0 aliphatic heterocycles. The lowest BCUT2D eigenvalue weighted by atomic mass is 9.70. The van der Waals surface area contributed by atoms with Crippen molar-refractivity contribution in [2.45, 2.75) is 16.2 Å². The van der Waals surface area contributed by atoms with E-state index in [0.717, 1.165) is 50.1 Å². The van der Waals surface area contributed by atoms with E-state index in [2.05, 4.69) is 346 Å². The van der Waals surface area contributed by atoms with Gasteiger partial charge in [-0.05, 0) is 240 Å². The van der Waals surface area contributed by atoms with Gasteiger partial charge in [0.15, 0.2) is 0 Å².